The highest BCUT2D eigenvalue weighted by Gasteiger charge is 2.23. The van der Waals surface area contributed by atoms with Gasteiger partial charge in [-0.3, -0.25) is 14.3 Å². The van der Waals surface area contributed by atoms with E-state index in [4.69, 9.17) is 11.6 Å². The molecular formula is C19H21ClN6O3S. The second-order valence-corrected chi connectivity index (χ2v) is 9.78. The van der Waals surface area contributed by atoms with Crippen LogP contribution in [-0.4, -0.2) is 38.7 Å². The summed E-state index contributed by atoms with van der Waals surface area (Å²) in [6.45, 7) is 1.81. The average molecular weight is 449 g/mol. The third kappa shape index (κ3) is 4.01. The summed E-state index contributed by atoms with van der Waals surface area (Å²) in [5, 5.41) is 3.10. The Morgan fingerprint density at radius 2 is 1.93 bits per heavy atom. The molecule has 0 aliphatic heterocycles. The van der Waals surface area contributed by atoms with E-state index in [1.165, 1.54) is 18.5 Å². The van der Waals surface area contributed by atoms with Crippen molar-refractivity contribution in [3.05, 3.63) is 45.9 Å². The first kappa shape index (κ1) is 20.7. The van der Waals surface area contributed by atoms with E-state index in [1.807, 2.05) is 0 Å². The van der Waals surface area contributed by atoms with Gasteiger partial charge in [-0.15, -0.1) is 0 Å². The number of sulfone groups is 1. The van der Waals surface area contributed by atoms with Gasteiger partial charge in [0.25, 0.3) is 5.56 Å². The predicted molar refractivity (Wildman–Crippen MR) is 113 cm³/mol. The Balaban J connectivity index is 1.65. The van der Waals surface area contributed by atoms with Gasteiger partial charge in [0.2, 0.25) is 5.28 Å². The van der Waals surface area contributed by atoms with E-state index in [0.29, 0.717) is 16.9 Å². The summed E-state index contributed by atoms with van der Waals surface area (Å²) in [5.74, 6) is 0.187. The van der Waals surface area contributed by atoms with E-state index < -0.39 is 9.84 Å². The lowest BCUT2D eigenvalue weighted by Crippen LogP contribution is -2.28. The standard InChI is InChI=1S/C19H21ClN6O3S/c1-2-30(28,29)14-8-7-12(21-10-14)9-22-16-18(27)26(13-5-3-4-6-13)17-15(24-16)11-23-19(20)25-17/h7-8,10-11,13H,2-6,9H2,1H3,(H,22,24). The van der Waals surface area contributed by atoms with E-state index in [0.717, 1.165) is 25.7 Å². The maximum absolute atomic E-state index is 13.2. The molecule has 0 atom stereocenters. The molecule has 30 heavy (non-hydrogen) atoms. The van der Waals surface area contributed by atoms with E-state index in [9.17, 15) is 13.2 Å². The van der Waals surface area contributed by atoms with Gasteiger partial charge in [0.1, 0.15) is 5.52 Å². The zero-order valence-corrected chi connectivity index (χ0v) is 17.9. The van der Waals surface area contributed by atoms with Gasteiger partial charge in [-0.1, -0.05) is 19.8 Å². The molecule has 1 fully saturated rings. The molecule has 3 aromatic rings. The van der Waals surface area contributed by atoms with Crippen LogP contribution >= 0.6 is 11.6 Å². The van der Waals surface area contributed by atoms with Crippen LogP contribution in [0, 0.1) is 0 Å². The number of pyridine rings is 1. The molecule has 0 unspecified atom stereocenters. The number of rotatable bonds is 6. The fraction of sp³-hybridized carbons (Fsp3) is 0.421. The monoisotopic (exact) mass is 448 g/mol. The molecule has 0 radical (unpaired) electrons. The maximum atomic E-state index is 13.2. The summed E-state index contributed by atoms with van der Waals surface area (Å²) in [6.07, 6.45) is 6.74. The lowest BCUT2D eigenvalue weighted by Gasteiger charge is -2.17. The molecule has 4 rings (SSSR count). The van der Waals surface area contributed by atoms with Gasteiger partial charge in [-0.05, 0) is 36.6 Å². The van der Waals surface area contributed by atoms with Gasteiger partial charge in [-0.2, -0.15) is 4.98 Å². The molecule has 0 spiro atoms. The fourth-order valence-corrected chi connectivity index (χ4v) is 4.59. The number of hydrogen-bond acceptors (Lipinski definition) is 8. The fourth-order valence-electron chi connectivity index (χ4n) is 3.64. The van der Waals surface area contributed by atoms with Gasteiger partial charge < -0.3 is 5.32 Å². The Kier molecular flexibility index (Phi) is 5.70. The number of nitrogens with one attached hydrogen (secondary N) is 1. The molecule has 1 aliphatic carbocycles. The summed E-state index contributed by atoms with van der Waals surface area (Å²) in [5.41, 5.74) is 1.23. The van der Waals surface area contributed by atoms with E-state index >= 15 is 0 Å². The summed E-state index contributed by atoms with van der Waals surface area (Å²) < 4.78 is 25.5. The van der Waals surface area contributed by atoms with Crippen molar-refractivity contribution < 1.29 is 8.42 Å². The van der Waals surface area contributed by atoms with Crippen LogP contribution in [0.15, 0.2) is 34.2 Å². The van der Waals surface area contributed by atoms with Crippen molar-refractivity contribution >= 4 is 38.4 Å². The predicted octanol–water partition coefficient (Wildman–Crippen LogP) is 2.76. The van der Waals surface area contributed by atoms with Crippen molar-refractivity contribution in [1.29, 1.82) is 0 Å². The molecule has 0 aromatic carbocycles. The molecule has 158 valence electrons. The first-order valence-corrected chi connectivity index (χ1v) is 11.8. The lowest BCUT2D eigenvalue weighted by atomic mass is 10.2. The third-order valence-corrected chi connectivity index (χ3v) is 7.17. The minimum atomic E-state index is -3.31. The average Bonchev–Trinajstić information content (AvgIpc) is 3.27. The van der Waals surface area contributed by atoms with Crippen LogP contribution < -0.4 is 10.9 Å². The SMILES string of the molecule is CCS(=O)(=O)c1ccc(CNc2nc3cnc(Cl)nc3n(C3CCCC3)c2=O)nc1. The van der Waals surface area contributed by atoms with Gasteiger partial charge in [-0.25, -0.2) is 18.4 Å². The normalized spacial score (nSPS) is 15.0. The second kappa shape index (κ2) is 8.27. The number of anilines is 1. The van der Waals surface area contributed by atoms with Crippen molar-refractivity contribution in [2.45, 2.75) is 50.1 Å². The molecular weight excluding hydrogens is 428 g/mol. The van der Waals surface area contributed by atoms with Crippen LogP contribution in [0.3, 0.4) is 0 Å². The largest absolute Gasteiger partial charge is 0.360 e. The zero-order valence-electron chi connectivity index (χ0n) is 16.4. The molecule has 0 amide bonds. The van der Waals surface area contributed by atoms with Crippen molar-refractivity contribution in [3.8, 4) is 0 Å². The quantitative estimate of drug-likeness (QED) is 0.571. The number of halogens is 1. The molecule has 3 heterocycles. The van der Waals surface area contributed by atoms with Gasteiger partial charge in [0, 0.05) is 12.2 Å². The Morgan fingerprint density at radius 1 is 1.17 bits per heavy atom. The maximum Gasteiger partial charge on any atom is 0.295 e. The van der Waals surface area contributed by atoms with E-state index in [1.54, 1.807) is 17.6 Å². The molecule has 0 saturated heterocycles. The van der Waals surface area contributed by atoms with Crippen LogP contribution in [0.4, 0.5) is 5.82 Å². The molecule has 1 aliphatic rings. The second-order valence-electron chi connectivity index (χ2n) is 7.16. The first-order chi connectivity index (χ1) is 14.4. The van der Waals surface area contributed by atoms with Crippen LogP contribution in [0.25, 0.3) is 11.2 Å². The molecule has 1 saturated carbocycles. The number of nitrogens with zero attached hydrogens (tertiary/aromatic N) is 5. The number of aromatic nitrogens is 5. The van der Waals surface area contributed by atoms with Gasteiger partial charge in [0.05, 0.1) is 29.1 Å². The van der Waals surface area contributed by atoms with E-state index in [2.05, 4.69) is 25.3 Å². The number of hydrogen-bond donors (Lipinski definition) is 1. The van der Waals surface area contributed by atoms with Gasteiger partial charge >= 0.3 is 0 Å². The topological polar surface area (TPSA) is 120 Å². The summed E-state index contributed by atoms with van der Waals surface area (Å²) in [6, 6.07) is 3.18. The minimum Gasteiger partial charge on any atom is -0.360 e. The molecule has 11 heteroatoms. The highest BCUT2D eigenvalue weighted by Crippen LogP contribution is 2.30. The van der Waals surface area contributed by atoms with Crippen LogP contribution in [0.1, 0.15) is 44.3 Å². The lowest BCUT2D eigenvalue weighted by molar-refractivity contribution is 0.514. The van der Waals surface area contributed by atoms with Crippen molar-refractivity contribution in [1.82, 2.24) is 24.5 Å². The molecule has 9 nitrogen and oxygen atoms in total. The van der Waals surface area contributed by atoms with Gasteiger partial charge in [0.15, 0.2) is 21.3 Å². The van der Waals surface area contributed by atoms with Crippen molar-refractivity contribution in [2.24, 2.45) is 0 Å². The minimum absolute atomic E-state index is 0.0140. The van der Waals surface area contributed by atoms with Crippen LogP contribution in [0.5, 0.6) is 0 Å². The molecule has 1 N–H and O–H groups in total. The van der Waals surface area contributed by atoms with Crippen LogP contribution in [0.2, 0.25) is 5.28 Å². The summed E-state index contributed by atoms with van der Waals surface area (Å²) in [7, 11) is -3.31. The van der Waals surface area contributed by atoms with E-state index in [-0.39, 0.29) is 39.9 Å². The number of fused-ring (bicyclic) bond motifs is 1. The Labute approximate surface area is 178 Å². The third-order valence-electron chi connectivity index (χ3n) is 5.27. The molecule has 0 bridgehead atoms. The Bertz CT molecular complexity index is 1240. The Hall–Kier alpha value is -2.59. The smallest absolute Gasteiger partial charge is 0.295 e. The first-order valence-electron chi connectivity index (χ1n) is 9.75. The summed E-state index contributed by atoms with van der Waals surface area (Å²) >= 11 is 5.95. The molecule has 3 aromatic heterocycles. The summed E-state index contributed by atoms with van der Waals surface area (Å²) in [4.78, 5) is 30.1. The highest BCUT2D eigenvalue weighted by molar-refractivity contribution is 7.91. The van der Waals surface area contributed by atoms with Crippen LogP contribution in [-0.2, 0) is 16.4 Å². The zero-order chi connectivity index (χ0) is 21.3. The highest BCUT2D eigenvalue weighted by atomic mass is 35.5. The van der Waals surface area contributed by atoms with Crippen molar-refractivity contribution in [3.63, 3.8) is 0 Å². The Morgan fingerprint density at radius 3 is 2.60 bits per heavy atom. The van der Waals surface area contributed by atoms with Crippen molar-refractivity contribution in [2.75, 3.05) is 11.1 Å².